The monoisotopic (exact) mass is 405 g/mol. The van der Waals surface area contributed by atoms with E-state index < -0.39 is 0 Å². The fraction of sp³-hybridized carbons (Fsp3) is 0.250. The summed E-state index contributed by atoms with van der Waals surface area (Å²) in [5.74, 6) is 1.72. The van der Waals surface area contributed by atoms with Crippen LogP contribution in [0.5, 0.6) is 0 Å². The van der Waals surface area contributed by atoms with E-state index >= 15 is 0 Å². The minimum absolute atomic E-state index is 0.119. The van der Waals surface area contributed by atoms with Crippen LogP contribution in [0.4, 0.5) is 17.3 Å². The first-order chi connectivity index (χ1) is 14.2. The van der Waals surface area contributed by atoms with Gasteiger partial charge in [0.05, 0.1) is 27.4 Å². The quantitative estimate of drug-likeness (QED) is 0.560. The van der Waals surface area contributed by atoms with Crippen molar-refractivity contribution in [1.29, 1.82) is 0 Å². The number of nitrogens with zero attached hydrogens (tertiary/aromatic N) is 6. The second-order valence-corrected chi connectivity index (χ2v) is 7.82. The Labute approximate surface area is 171 Å². The number of anilines is 3. The average Bonchev–Trinajstić information content (AvgIpc) is 3.22. The van der Waals surface area contributed by atoms with Crippen LogP contribution in [0, 0.1) is 0 Å². The van der Waals surface area contributed by atoms with Gasteiger partial charge in [-0.2, -0.15) is 0 Å². The van der Waals surface area contributed by atoms with Gasteiger partial charge >= 0.3 is 0 Å². The predicted octanol–water partition coefficient (Wildman–Crippen LogP) is 3.05. The zero-order valence-electron chi connectivity index (χ0n) is 15.9. The standard InChI is InChI=1S/C20H19N7OS/c1-13(28)26-4-6-27(7-5-26)19-9-15-17(10-21-19)22-11-23-20(15)25-14-2-3-18-16(8-14)24-12-29-18/h2-3,8-12H,4-7H2,1H3,(H,22,23,25). The molecule has 1 aliphatic rings. The number of pyridine rings is 1. The molecule has 9 heteroatoms. The first-order valence-corrected chi connectivity index (χ1v) is 10.3. The third-order valence-electron chi connectivity index (χ3n) is 5.15. The first-order valence-electron chi connectivity index (χ1n) is 9.39. The number of piperazine rings is 1. The number of benzene rings is 1. The van der Waals surface area contributed by atoms with Gasteiger partial charge < -0.3 is 15.1 Å². The highest BCUT2D eigenvalue weighted by Gasteiger charge is 2.20. The van der Waals surface area contributed by atoms with E-state index in [9.17, 15) is 4.79 Å². The highest BCUT2D eigenvalue weighted by atomic mass is 32.1. The molecular formula is C20H19N7OS. The molecule has 0 unspecified atom stereocenters. The van der Waals surface area contributed by atoms with Crippen LogP contribution in [0.15, 0.2) is 42.3 Å². The SMILES string of the molecule is CC(=O)N1CCN(c2cc3c(Nc4ccc5scnc5c4)ncnc3cn2)CC1. The van der Waals surface area contributed by atoms with E-state index in [-0.39, 0.29) is 5.91 Å². The molecule has 0 radical (unpaired) electrons. The number of thiazole rings is 1. The van der Waals surface area contributed by atoms with Crippen LogP contribution in [-0.4, -0.2) is 56.9 Å². The molecule has 1 saturated heterocycles. The molecule has 146 valence electrons. The third-order valence-corrected chi connectivity index (χ3v) is 5.96. The fourth-order valence-corrected chi connectivity index (χ4v) is 4.20. The van der Waals surface area contributed by atoms with E-state index in [0.717, 1.165) is 51.5 Å². The van der Waals surface area contributed by atoms with Gasteiger partial charge in [0.15, 0.2) is 0 Å². The number of carbonyl (C=O) groups excluding carboxylic acids is 1. The molecule has 0 saturated carbocycles. The van der Waals surface area contributed by atoms with E-state index in [1.807, 2.05) is 28.6 Å². The molecule has 1 aromatic carbocycles. The molecule has 0 aliphatic carbocycles. The summed E-state index contributed by atoms with van der Waals surface area (Å²) in [6, 6.07) is 8.11. The lowest BCUT2D eigenvalue weighted by Gasteiger charge is -2.35. The zero-order valence-corrected chi connectivity index (χ0v) is 16.7. The van der Waals surface area contributed by atoms with Crippen LogP contribution in [0.2, 0.25) is 0 Å². The topological polar surface area (TPSA) is 87.1 Å². The molecule has 0 atom stereocenters. The Morgan fingerprint density at radius 2 is 1.90 bits per heavy atom. The van der Waals surface area contributed by atoms with Gasteiger partial charge in [0.25, 0.3) is 0 Å². The number of fused-ring (bicyclic) bond motifs is 2. The predicted molar refractivity (Wildman–Crippen MR) is 115 cm³/mol. The maximum absolute atomic E-state index is 11.6. The molecule has 1 amide bonds. The number of nitrogens with one attached hydrogen (secondary N) is 1. The van der Waals surface area contributed by atoms with Crippen molar-refractivity contribution in [2.45, 2.75) is 6.92 Å². The summed E-state index contributed by atoms with van der Waals surface area (Å²) in [6.45, 7) is 4.55. The second-order valence-electron chi connectivity index (χ2n) is 6.93. The van der Waals surface area contributed by atoms with Crippen molar-refractivity contribution in [2.75, 3.05) is 36.4 Å². The Morgan fingerprint density at radius 1 is 1.03 bits per heavy atom. The van der Waals surface area contributed by atoms with Gasteiger partial charge in [-0.1, -0.05) is 0 Å². The summed E-state index contributed by atoms with van der Waals surface area (Å²) in [4.78, 5) is 33.4. The van der Waals surface area contributed by atoms with Crippen molar-refractivity contribution < 1.29 is 4.79 Å². The van der Waals surface area contributed by atoms with Crippen molar-refractivity contribution in [1.82, 2.24) is 24.8 Å². The molecule has 5 rings (SSSR count). The van der Waals surface area contributed by atoms with Crippen LogP contribution >= 0.6 is 11.3 Å². The van der Waals surface area contributed by atoms with E-state index in [0.29, 0.717) is 13.1 Å². The van der Waals surface area contributed by atoms with Crippen molar-refractivity contribution in [3.05, 3.63) is 42.3 Å². The van der Waals surface area contributed by atoms with Gasteiger partial charge in [0.1, 0.15) is 18.0 Å². The number of hydrogen-bond acceptors (Lipinski definition) is 8. The molecule has 3 aromatic heterocycles. The Hall–Kier alpha value is -3.33. The number of rotatable bonds is 3. The van der Waals surface area contributed by atoms with Crippen molar-refractivity contribution in [2.24, 2.45) is 0 Å². The molecule has 4 heterocycles. The molecule has 1 fully saturated rings. The average molecular weight is 405 g/mol. The van der Waals surface area contributed by atoms with Crippen LogP contribution in [0.1, 0.15) is 6.92 Å². The van der Waals surface area contributed by atoms with Crippen molar-refractivity contribution in [3.63, 3.8) is 0 Å². The molecule has 4 aromatic rings. The normalized spacial score (nSPS) is 14.5. The molecule has 1 aliphatic heterocycles. The minimum Gasteiger partial charge on any atom is -0.353 e. The lowest BCUT2D eigenvalue weighted by molar-refractivity contribution is -0.129. The summed E-state index contributed by atoms with van der Waals surface area (Å²) < 4.78 is 1.15. The maximum Gasteiger partial charge on any atom is 0.219 e. The second kappa shape index (κ2) is 7.25. The van der Waals surface area contributed by atoms with Crippen LogP contribution in [0.3, 0.4) is 0 Å². The van der Waals surface area contributed by atoms with E-state index in [4.69, 9.17) is 0 Å². The van der Waals surface area contributed by atoms with Crippen LogP contribution in [-0.2, 0) is 4.79 Å². The summed E-state index contributed by atoms with van der Waals surface area (Å²) in [5.41, 5.74) is 4.52. The largest absolute Gasteiger partial charge is 0.353 e. The Kier molecular flexibility index (Phi) is 4.44. The van der Waals surface area contributed by atoms with Gasteiger partial charge in [-0.15, -0.1) is 11.3 Å². The highest BCUT2D eigenvalue weighted by Crippen LogP contribution is 2.28. The zero-order chi connectivity index (χ0) is 19.8. The van der Waals surface area contributed by atoms with Crippen molar-refractivity contribution in [3.8, 4) is 0 Å². The molecule has 0 spiro atoms. The van der Waals surface area contributed by atoms with Gasteiger partial charge in [0.2, 0.25) is 5.91 Å². The van der Waals surface area contributed by atoms with E-state index in [2.05, 4.69) is 36.2 Å². The fourth-order valence-electron chi connectivity index (χ4n) is 3.54. The molecular weight excluding hydrogens is 386 g/mol. The summed E-state index contributed by atoms with van der Waals surface area (Å²) in [5, 5.41) is 4.30. The Bertz CT molecular complexity index is 1200. The molecule has 0 bridgehead atoms. The lowest BCUT2D eigenvalue weighted by atomic mass is 10.2. The maximum atomic E-state index is 11.6. The van der Waals surface area contributed by atoms with Crippen molar-refractivity contribution >= 4 is 55.7 Å². The first kappa shape index (κ1) is 17.7. The summed E-state index contributed by atoms with van der Waals surface area (Å²) in [7, 11) is 0. The van der Waals surface area contributed by atoms with E-state index in [1.54, 1.807) is 30.8 Å². The van der Waals surface area contributed by atoms with Gasteiger partial charge in [-0.05, 0) is 24.3 Å². The summed E-state index contributed by atoms with van der Waals surface area (Å²) >= 11 is 1.62. The van der Waals surface area contributed by atoms with Crippen LogP contribution in [0.25, 0.3) is 21.1 Å². The Morgan fingerprint density at radius 3 is 2.72 bits per heavy atom. The minimum atomic E-state index is 0.119. The number of aromatic nitrogens is 4. The third kappa shape index (κ3) is 3.44. The number of hydrogen-bond donors (Lipinski definition) is 1. The van der Waals surface area contributed by atoms with Crippen LogP contribution < -0.4 is 10.2 Å². The highest BCUT2D eigenvalue weighted by molar-refractivity contribution is 7.16. The summed E-state index contributed by atoms with van der Waals surface area (Å²) in [6.07, 6.45) is 3.32. The Balaban J connectivity index is 1.45. The van der Waals surface area contributed by atoms with Gasteiger partial charge in [0, 0.05) is 44.2 Å². The molecule has 8 nitrogen and oxygen atoms in total. The van der Waals surface area contributed by atoms with Gasteiger partial charge in [-0.3, -0.25) is 4.79 Å². The number of carbonyl (C=O) groups is 1. The molecule has 29 heavy (non-hydrogen) atoms. The lowest BCUT2D eigenvalue weighted by Crippen LogP contribution is -2.48. The van der Waals surface area contributed by atoms with Gasteiger partial charge in [-0.25, -0.2) is 19.9 Å². The number of amides is 1. The smallest absolute Gasteiger partial charge is 0.219 e. The molecule has 1 N–H and O–H groups in total. The van der Waals surface area contributed by atoms with E-state index in [1.165, 1.54) is 0 Å².